The molecule has 0 saturated heterocycles. The molecule has 11 nitrogen and oxygen atoms in total. The Kier molecular flexibility index (Phi) is 8.03. The fourth-order valence-corrected chi connectivity index (χ4v) is 5.71. The van der Waals surface area contributed by atoms with Crippen LogP contribution >= 0.6 is 0 Å². The van der Waals surface area contributed by atoms with Crippen molar-refractivity contribution < 1.29 is 0 Å². The lowest BCUT2D eigenvalue weighted by Crippen LogP contribution is -2.35. The smallest absolute Gasteiger partial charge is 0.139 e. The van der Waals surface area contributed by atoms with Gasteiger partial charge in [-0.1, -0.05) is 5.22 Å². The van der Waals surface area contributed by atoms with Gasteiger partial charge in [-0.15, -0.1) is 5.11 Å². The molecule has 6 aromatic rings. The molecule has 0 amide bonds. The second kappa shape index (κ2) is 12.4. The van der Waals surface area contributed by atoms with Crippen molar-refractivity contribution in [1.29, 1.82) is 15.8 Å². The first-order chi connectivity index (χ1) is 22.5. The third-order valence-electron chi connectivity index (χ3n) is 8.10. The maximum atomic E-state index is 9.92. The standard InChI is InChI=1S/C35H31N11/c1-5-43(6-2)42-40-29-12-9-24(21-37)16-27(29)33-19-31(39-34-18-26-15-23(20-36)11-14-32(26)45(33)34)35-28-17-25(22-38)10-13-30(28)41-46(35)44(7-3)8-4/h9-19H,5-8H2,1-4H3. The van der Waals surface area contributed by atoms with E-state index in [1.165, 1.54) is 0 Å². The summed E-state index contributed by atoms with van der Waals surface area (Å²) in [5, 5.41) is 48.9. The number of aromatic nitrogens is 4. The van der Waals surface area contributed by atoms with E-state index < -0.39 is 0 Å². The Morgan fingerprint density at radius 1 is 0.761 bits per heavy atom. The third kappa shape index (κ3) is 5.12. The van der Waals surface area contributed by atoms with E-state index in [1.54, 1.807) is 24.3 Å². The van der Waals surface area contributed by atoms with Crippen LogP contribution in [0.3, 0.4) is 0 Å². The first-order valence-electron chi connectivity index (χ1n) is 15.2. The Balaban J connectivity index is 1.74. The molecule has 3 heterocycles. The van der Waals surface area contributed by atoms with Gasteiger partial charge in [0.05, 0.1) is 63.0 Å². The van der Waals surface area contributed by atoms with E-state index in [9.17, 15) is 15.8 Å². The first kappa shape index (κ1) is 29.8. The molecule has 0 aliphatic rings. The van der Waals surface area contributed by atoms with Crippen LogP contribution in [0.1, 0.15) is 44.4 Å². The second-order valence-electron chi connectivity index (χ2n) is 10.6. The number of nitriles is 3. The zero-order valence-electron chi connectivity index (χ0n) is 26.1. The number of rotatable bonds is 9. The minimum atomic E-state index is 0.476. The van der Waals surface area contributed by atoms with Crippen molar-refractivity contribution in [2.45, 2.75) is 27.7 Å². The molecule has 0 N–H and O–H groups in total. The van der Waals surface area contributed by atoms with Crippen LogP contribution in [0.2, 0.25) is 0 Å². The van der Waals surface area contributed by atoms with Gasteiger partial charge in [0.15, 0.2) is 0 Å². The molecule has 3 aromatic heterocycles. The van der Waals surface area contributed by atoms with Crippen LogP contribution in [0, 0.1) is 34.0 Å². The predicted molar refractivity (Wildman–Crippen MR) is 178 cm³/mol. The highest BCUT2D eigenvalue weighted by Gasteiger charge is 2.23. The summed E-state index contributed by atoms with van der Waals surface area (Å²) in [5.41, 5.74) is 7.17. The minimum absolute atomic E-state index is 0.476. The Labute approximate surface area is 266 Å². The van der Waals surface area contributed by atoms with E-state index in [0.717, 1.165) is 33.2 Å². The van der Waals surface area contributed by atoms with E-state index in [0.29, 0.717) is 65.5 Å². The molecular weight excluding hydrogens is 574 g/mol. The van der Waals surface area contributed by atoms with E-state index in [4.69, 9.17) is 10.1 Å². The second-order valence-corrected chi connectivity index (χ2v) is 10.6. The van der Waals surface area contributed by atoms with E-state index in [1.807, 2.05) is 70.5 Å². The van der Waals surface area contributed by atoms with Crippen molar-refractivity contribution in [2.75, 3.05) is 31.2 Å². The van der Waals surface area contributed by atoms with Crippen molar-refractivity contribution in [2.24, 2.45) is 10.3 Å². The van der Waals surface area contributed by atoms with Gasteiger partial charge in [0, 0.05) is 42.5 Å². The molecule has 0 unspecified atom stereocenters. The molecule has 0 bridgehead atoms. The largest absolute Gasteiger partial charge is 0.297 e. The fraction of sp³-hybridized carbons (Fsp3) is 0.229. The summed E-state index contributed by atoms with van der Waals surface area (Å²) in [6, 6.07) is 27.0. The molecule has 226 valence electrons. The van der Waals surface area contributed by atoms with Gasteiger partial charge in [-0.2, -0.15) is 25.7 Å². The van der Waals surface area contributed by atoms with Crippen molar-refractivity contribution in [3.63, 3.8) is 0 Å². The van der Waals surface area contributed by atoms with Gasteiger partial charge in [0.2, 0.25) is 0 Å². The highest BCUT2D eigenvalue weighted by Crippen LogP contribution is 2.38. The number of hydrogen-bond donors (Lipinski definition) is 0. The highest BCUT2D eigenvalue weighted by atomic mass is 15.7. The number of benzene rings is 3. The van der Waals surface area contributed by atoms with E-state index in [2.05, 4.69) is 47.4 Å². The molecule has 0 atom stereocenters. The molecular formula is C35H31N11. The van der Waals surface area contributed by atoms with Crippen LogP contribution in [0.25, 0.3) is 50.1 Å². The highest BCUT2D eigenvalue weighted by molar-refractivity contribution is 5.96. The lowest BCUT2D eigenvalue weighted by molar-refractivity contribution is 0.301. The molecule has 6 rings (SSSR count). The molecule has 0 radical (unpaired) electrons. The monoisotopic (exact) mass is 605 g/mol. The predicted octanol–water partition coefficient (Wildman–Crippen LogP) is 7.10. The van der Waals surface area contributed by atoms with E-state index >= 15 is 0 Å². The molecule has 0 spiro atoms. The fourth-order valence-electron chi connectivity index (χ4n) is 5.71. The van der Waals surface area contributed by atoms with Gasteiger partial charge < -0.3 is 0 Å². The van der Waals surface area contributed by atoms with Crippen molar-refractivity contribution in [3.8, 4) is 40.9 Å². The normalized spacial score (nSPS) is 11.2. The zero-order chi connectivity index (χ0) is 32.4. The molecule has 46 heavy (non-hydrogen) atoms. The molecule has 3 aromatic carbocycles. The summed E-state index contributed by atoms with van der Waals surface area (Å²) in [5.74, 6) is 0. The Hall–Kier alpha value is -6.25. The summed E-state index contributed by atoms with van der Waals surface area (Å²) in [6.07, 6.45) is 0. The van der Waals surface area contributed by atoms with Crippen LogP contribution in [-0.2, 0) is 0 Å². The zero-order valence-corrected chi connectivity index (χ0v) is 26.1. The summed E-state index contributed by atoms with van der Waals surface area (Å²) in [4.78, 5) is 7.04. The number of hydrogen-bond acceptors (Lipinski definition) is 8. The summed E-state index contributed by atoms with van der Waals surface area (Å²) in [7, 11) is 0. The molecule has 0 aliphatic carbocycles. The Bertz CT molecular complexity index is 2260. The summed E-state index contributed by atoms with van der Waals surface area (Å²) >= 11 is 0. The molecule has 0 fully saturated rings. The maximum Gasteiger partial charge on any atom is 0.139 e. The molecule has 0 aliphatic heterocycles. The Morgan fingerprint density at radius 3 is 2.13 bits per heavy atom. The van der Waals surface area contributed by atoms with Crippen LogP contribution in [-0.4, -0.2) is 50.5 Å². The maximum absolute atomic E-state index is 9.92. The van der Waals surface area contributed by atoms with Crippen LogP contribution < -0.4 is 5.01 Å². The quantitative estimate of drug-likeness (QED) is 0.126. The number of fused-ring (bicyclic) bond motifs is 4. The number of nitrogens with zero attached hydrogens (tertiary/aromatic N) is 11. The minimum Gasteiger partial charge on any atom is -0.297 e. The van der Waals surface area contributed by atoms with E-state index in [-0.39, 0.29) is 0 Å². The molecule has 0 saturated carbocycles. The molecule has 11 heteroatoms. The third-order valence-corrected chi connectivity index (χ3v) is 8.10. The van der Waals surface area contributed by atoms with Gasteiger partial charge in [0.25, 0.3) is 0 Å². The van der Waals surface area contributed by atoms with Gasteiger partial charge in [-0.3, -0.25) is 14.4 Å². The summed E-state index contributed by atoms with van der Waals surface area (Å²) < 4.78 is 2.02. The van der Waals surface area contributed by atoms with Crippen molar-refractivity contribution in [3.05, 3.63) is 83.4 Å². The van der Waals surface area contributed by atoms with Gasteiger partial charge >= 0.3 is 0 Å². The lowest BCUT2D eigenvalue weighted by Gasteiger charge is -2.23. The van der Waals surface area contributed by atoms with Gasteiger partial charge in [0.1, 0.15) is 11.3 Å². The van der Waals surface area contributed by atoms with Crippen LogP contribution in [0.4, 0.5) is 5.69 Å². The van der Waals surface area contributed by atoms with Crippen LogP contribution in [0.15, 0.2) is 77.1 Å². The van der Waals surface area contributed by atoms with Gasteiger partial charge in [-0.25, -0.2) is 4.98 Å². The first-order valence-corrected chi connectivity index (χ1v) is 15.2. The average Bonchev–Trinajstić information content (AvgIpc) is 3.66. The Morgan fingerprint density at radius 2 is 1.43 bits per heavy atom. The summed E-state index contributed by atoms with van der Waals surface area (Å²) in [6.45, 7) is 11.0. The van der Waals surface area contributed by atoms with Crippen molar-refractivity contribution in [1.82, 2.24) is 24.3 Å². The van der Waals surface area contributed by atoms with Crippen molar-refractivity contribution >= 4 is 33.1 Å². The SMILES string of the molecule is CCN(CC)N=Nc1ccc(C#N)cc1-c1cc(-c2c3cc(C#N)ccc3nn2N(CC)CC)nc2cc3cc(C#N)ccc3n12. The van der Waals surface area contributed by atoms with Crippen LogP contribution in [0.5, 0.6) is 0 Å². The average molecular weight is 606 g/mol. The van der Waals surface area contributed by atoms with Gasteiger partial charge in [-0.05, 0) is 94.4 Å². The lowest BCUT2D eigenvalue weighted by atomic mass is 10.0. The topological polar surface area (TPSA) is 138 Å².